The minimum absolute atomic E-state index is 0.0162. The number of hydrogen-bond acceptors (Lipinski definition) is 3. The monoisotopic (exact) mass is 316 g/mol. The lowest BCUT2D eigenvalue weighted by Gasteiger charge is -2.27. The zero-order valence-corrected chi connectivity index (χ0v) is 14.1. The van der Waals surface area contributed by atoms with Gasteiger partial charge in [-0.1, -0.05) is 33.8 Å². The molecule has 0 radical (unpaired) electrons. The van der Waals surface area contributed by atoms with Crippen LogP contribution in [0, 0.1) is 17.2 Å². The SMILES string of the molecule is CNCc1ccc(S(=O)(=O)NCC(C)C(C)(C)C)c(F)c1. The van der Waals surface area contributed by atoms with Crippen LogP contribution in [0.3, 0.4) is 0 Å². The fraction of sp³-hybridized carbons (Fsp3) is 0.600. The number of rotatable bonds is 6. The molecule has 0 aliphatic carbocycles. The van der Waals surface area contributed by atoms with Crippen molar-refractivity contribution in [3.8, 4) is 0 Å². The number of benzene rings is 1. The molecule has 0 aliphatic rings. The van der Waals surface area contributed by atoms with Gasteiger partial charge >= 0.3 is 0 Å². The van der Waals surface area contributed by atoms with E-state index < -0.39 is 15.8 Å². The van der Waals surface area contributed by atoms with Crippen LogP contribution in [0.25, 0.3) is 0 Å². The summed E-state index contributed by atoms with van der Waals surface area (Å²) in [5.74, 6) is -0.586. The molecule has 0 fully saturated rings. The Morgan fingerprint density at radius 2 is 1.90 bits per heavy atom. The van der Waals surface area contributed by atoms with Crippen molar-refractivity contribution in [3.63, 3.8) is 0 Å². The summed E-state index contributed by atoms with van der Waals surface area (Å²) in [6.07, 6.45) is 0. The summed E-state index contributed by atoms with van der Waals surface area (Å²) in [4.78, 5) is -0.302. The number of sulfonamides is 1. The molecule has 0 saturated carbocycles. The largest absolute Gasteiger partial charge is 0.316 e. The number of hydrogen-bond donors (Lipinski definition) is 2. The first kappa shape index (κ1) is 18.1. The molecule has 1 atom stereocenters. The molecule has 1 aromatic carbocycles. The van der Waals surface area contributed by atoms with Crippen molar-refractivity contribution in [1.29, 1.82) is 0 Å². The van der Waals surface area contributed by atoms with Crippen molar-refractivity contribution >= 4 is 10.0 Å². The minimum Gasteiger partial charge on any atom is -0.316 e. The minimum atomic E-state index is -3.82. The van der Waals surface area contributed by atoms with Crippen molar-refractivity contribution in [3.05, 3.63) is 29.6 Å². The predicted molar refractivity (Wildman–Crippen MR) is 83.0 cm³/mol. The molecule has 0 heterocycles. The zero-order valence-electron chi connectivity index (χ0n) is 13.3. The van der Waals surface area contributed by atoms with Gasteiger partial charge in [0, 0.05) is 13.1 Å². The van der Waals surface area contributed by atoms with Crippen molar-refractivity contribution in [2.75, 3.05) is 13.6 Å². The fourth-order valence-corrected chi connectivity index (χ4v) is 2.88. The Hall–Kier alpha value is -0.980. The molecule has 0 aliphatic heterocycles. The van der Waals surface area contributed by atoms with Crippen LogP contribution < -0.4 is 10.0 Å². The molecule has 1 unspecified atom stereocenters. The molecule has 2 N–H and O–H groups in total. The van der Waals surface area contributed by atoms with Crippen LogP contribution in [0.4, 0.5) is 4.39 Å². The Bertz CT molecular complexity index is 580. The van der Waals surface area contributed by atoms with E-state index in [1.54, 1.807) is 13.1 Å². The summed E-state index contributed by atoms with van der Waals surface area (Å²) in [6, 6.07) is 4.17. The van der Waals surface area contributed by atoms with Crippen LogP contribution in [0.1, 0.15) is 33.3 Å². The number of nitrogens with one attached hydrogen (secondary N) is 2. The second-order valence-electron chi connectivity index (χ2n) is 6.41. The van der Waals surface area contributed by atoms with Crippen LogP contribution in [0.5, 0.6) is 0 Å². The van der Waals surface area contributed by atoms with Gasteiger partial charge in [0.25, 0.3) is 0 Å². The maximum Gasteiger partial charge on any atom is 0.243 e. The van der Waals surface area contributed by atoms with E-state index in [2.05, 4.69) is 10.0 Å². The summed E-state index contributed by atoms with van der Waals surface area (Å²) < 4.78 is 40.8. The van der Waals surface area contributed by atoms with Gasteiger partial charge in [-0.2, -0.15) is 0 Å². The van der Waals surface area contributed by atoms with Crippen molar-refractivity contribution in [2.24, 2.45) is 11.3 Å². The molecule has 0 saturated heterocycles. The molecular weight excluding hydrogens is 291 g/mol. The van der Waals surface area contributed by atoms with Gasteiger partial charge in [0.1, 0.15) is 10.7 Å². The molecule has 1 rings (SSSR count). The van der Waals surface area contributed by atoms with Crippen molar-refractivity contribution in [1.82, 2.24) is 10.0 Å². The lowest BCUT2D eigenvalue weighted by Crippen LogP contribution is -2.34. The average molecular weight is 316 g/mol. The zero-order chi connectivity index (χ0) is 16.3. The van der Waals surface area contributed by atoms with Gasteiger partial charge in [0.2, 0.25) is 10.0 Å². The van der Waals surface area contributed by atoms with Crippen LogP contribution in [-0.2, 0) is 16.6 Å². The van der Waals surface area contributed by atoms with Crippen LogP contribution in [-0.4, -0.2) is 22.0 Å². The van der Waals surface area contributed by atoms with Gasteiger partial charge < -0.3 is 5.32 Å². The molecule has 0 spiro atoms. The third kappa shape index (κ3) is 5.05. The van der Waals surface area contributed by atoms with Gasteiger partial charge in [-0.25, -0.2) is 17.5 Å². The fourth-order valence-electron chi connectivity index (χ4n) is 1.70. The maximum atomic E-state index is 14.0. The summed E-state index contributed by atoms with van der Waals surface area (Å²) >= 11 is 0. The predicted octanol–water partition coefficient (Wildman–Crippen LogP) is 2.51. The third-order valence-electron chi connectivity index (χ3n) is 3.72. The summed E-state index contributed by atoms with van der Waals surface area (Å²) in [5.41, 5.74) is 0.689. The molecular formula is C15H25FN2O2S. The molecule has 0 amide bonds. The number of halogens is 1. The highest BCUT2D eigenvalue weighted by Gasteiger charge is 2.24. The first-order valence-electron chi connectivity index (χ1n) is 7.00. The van der Waals surface area contributed by atoms with Crippen molar-refractivity contribution in [2.45, 2.75) is 39.1 Å². The highest BCUT2D eigenvalue weighted by atomic mass is 32.2. The first-order valence-corrected chi connectivity index (χ1v) is 8.49. The Labute approximate surface area is 127 Å². The molecule has 0 bridgehead atoms. The van der Waals surface area contributed by atoms with E-state index in [1.165, 1.54) is 12.1 Å². The molecule has 4 nitrogen and oxygen atoms in total. The van der Waals surface area contributed by atoms with Gasteiger partial charge in [0.05, 0.1) is 0 Å². The molecule has 1 aromatic rings. The van der Waals surface area contributed by atoms with E-state index in [0.717, 1.165) is 0 Å². The Kier molecular flexibility index (Phi) is 5.90. The van der Waals surface area contributed by atoms with E-state index in [-0.39, 0.29) is 22.8 Å². The van der Waals surface area contributed by atoms with Gasteiger partial charge in [-0.05, 0) is 36.1 Å². The molecule has 0 aromatic heterocycles. The van der Waals surface area contributed by atoms with Gasteiger partial charge in [0.15, 0.2) is 0 Å². The lowest BCUT2D eigenvalue weighted by molar-refractivity contribution is 0.263. The summed E-state index contributed by atoms with van der Waals surface area (Å²) in [6.45, 7) is 8.86. The highest BCUT2D eigenvalue weighted by Crippen LogP contribution is 2.25. The molecule has 21 heavy (non-hydrogen) atoms. The third-order valence-corrected chi connectivity index (χ3v) is 5.18. The molecule has 6 heteroatoms. The standard InChI is InChI=1S/C15H25FN2O2S/c1-11(15(2,3)4)9-18-21(19,20)14-7-6-12(10-17-5)8-13(14)16/h6-8,11,17-18H,9-10H2,1-5H3. The summed E-state index contributed by atoms with van der Waals surface area (Å²) in [5, 5.41) is 2.89. The van der Waals surface area contributed by atoms with Crippen LogP contribution >= 0.6 is 0 Å². The first-order chi connectivity index (χ1) is 9.58. The van der Waals surface area contributed by atoms with Crippen LogP contribution in [0.15, 0.2) is 23.1 Å². The topological polar surface area (TPSA) is 58.2 Å². The smallest absolute Gasteiger partial charge is 0.243 e. The maximum absolute atomic E-state index is 14.0. The van der Waals surface area contributed by atoms with Crippen molar-refractivity contribution < 1.29 is 12.8 Å². The normalized spacial score (nSPS) is 14.2. The Balaban J connectivity index is 2.88. The van der Waals surface area contributed by atoms with Gasteiger partial charge in [-0.3, -0.25) is 0 Å². The van der Waals surface area contributed by atoms with Crippen LogP contribution in [0.2, 0.25) is 0 Å². The average Bonchev–Trinajstić information content (AvgIpc) is 2.35. The van der Waals surface area contributed by atoms with Gasteiger partial charge in [-0.15, -0.1) is 0 Å². The van der Waals surface area contributed by atoms with E-state index in [4.69, 9.17) is 0 Å². The van der Waals surface area contributed by atoms with E-state index >= 15 is 0 Å². The second-order valence-corrected chi connectivity index (χ2v) is 8.15. The van der Waals surface area contributed by atoms with E-state index in [9.17, 15) is 12.8 Å². The Morgan fingerprint density at radius 3 is 2.38 bits per heavy atom. The van der Waals surface area contributed by atoms with E-state index in [0.29, 0.717) is 12.1 Å². The quantitative estimate of drug-likeness (QED) is 0.848. The second kappa shape index (κ2) is 6.85. The summed E-state index contributed by atoms with van der Waals surface area (Å²) in [7, 11) is -2.08. The van der Waals surface area contributed by atoms with E-state index in [1.807, 2.05) is 27.7 Å². The lowest BCUT2D eigenvalue weighted by atomic mass is 9.82. The highest BCUT2D eigenvalue weighted by molar-refractivity contribution is 7.89. The molecule has 120 valence electrons. The Morgan fingerprint density at radius 1 is 1.29 bits per heavy atom.